The Morgan fingerprint density at radius 3 is 2.65 bits per heavy atom. The van der Waals surface area contributed by atoms with Crippen LogP contribution in [-0.2, 0) is 6.54 Å². The van der Waals surface area contributed by atoms with E-state index in [9.17, 15) is 0 Å². The fourth-order valence-corrected chi connectivity index (χ4v) is 2.06. The highest BCUT2D eigenvalue weighted by Gasteiger charge is 2.05. The van der Waals surface area contributed by atoms with Crippen molar-refractivity contribution in [2.75, 3.05) is 5.32 Å². The summed E-state index contributed by atoms with van der Waals surface area (Å²) in [6, 6.07) is 16.0. The second-order valence-corrected chi connectivity index (χ2v) is 4.59. The van der Waals surface area contributed by atoms with Crippen molar-refractivity contribution in [3.05, 3.63) is 72.3 Å². The molecule has 0 aliphatic carbocycles. The number of hydrogen-bond donors (Lipinski definition) is 1. The fourth-order valence-electron chi connectivity index (χ4n) is 2.06. The summed E-state index contributed by atoms with van der Waals surface area (Å²) >= 11 is 0. The van der Waals surface area contributed by atoms with Crippen LogP contribution in [0, 0.1) is 6.92 Å². The van der Waals surface area contributed by atoms with E-state index < -0.39 is 0 Å². The minimum atomic E-state index is 0.693. The van der Waals surface area contributed by atoms with Gasteiger partial charge in [-0.25, -0.2) is 4.68 Å². The van der Waals surface area contributed by atoms with E-state index in [2.05, 4.69) is 21.5 Å². The molecule has 100 valence electrons. The Kier molecular flexibility index (Phi) is 3.46. The number of nitrogens with zero attached hydrogens (tertiary/aromatic N) is 3. The predicted molar refractivity (Wildman–Crippen MR) is 79.9 cm³/mol. The van der Waals surface area contributed by atoms with Crippen LogP contribution in [-0.4, -0.2) is 14.8 Å². The number of para-hydroxylation sites is 2. The fraction of sp³-hybridized carbons (Fsp3) is 0.125. The van der Waals surface area contributed by atoms with Gasteiger partial charge in [0, 0.05) is 12.4 Å². The lowest BCUT2D eigenvalue weighted by Gasteiger charge is -2.11. The standard InChI is InChI=1S/C16H16N4/c1-13-9-11-20(19-13)16-8-3-2-7-15(16)18-12-14-6-4-5-10-17-14/h2-11,18H,12H2,1H3. The van der Waals surface area contributed by atoms with Crippen molar-refractivity contribution in [1.82, 2.24) is 14.8 Å². The van der Waals surface area contributed by atoms with E-state index in [1.54, 1.807) is 6.20 Å². The number of aryl methyl sites for hydroxylation is 1. The van der Waals surface area contributed by atoms with Gasteiger partial charge in [0.25, 0.3) is 0 Å². The molecule has 0 spiro atoms. The van der Waals surface area contributed by atoms with Gasteiger partial charge in [0.2, 0.25) is 0 Å². The summed E-state index contributed by atoms with van der Waals surface area (Å²) in [6.45, 7) is 2.68. The van der Waals surface area contributed by atoms with E-state index in [1.165, 1.54) is 0 Å². The number of hydrogen-bond acceptors (Lipinski definition) is 3. The van der Waals surface area contributed by atoms with Gasteiger partial charge in [-0.2, -0.15) is 5.10 Å². The number of benzene rings is 1. The van der Waals surface area contributed by atoms with Crippen LogP contribution in [0.4, 0.5) is 5.69 Å². The Morgan fingerprint density at radius 1 is 1.05 bits per heavy atom. The zero-order chi connectivity index (χ0) is 13.8. The van der Waals surface area contributed by atoms with Crippen molar-refractivity contribution in [2.24, 2.45) is 0 Å². The number of nitrogens with one attached hydrogen (secondary N) is 1. The van der Waals surface area contributed by atoms with Crippen LogP contribution in [0.15, 0.2) is 60.9 Å². The molecule has 0 unspecified atom stereocenters. The molecule has 0 aliphatic rings. The normalized spacial score (nSPS) is 10.4. The average molecular weight is 264 g/mol. The molecule has 0 amide bonds. The maximum absolute atomic E-state index is 4.46. The van der Waals surface area contributed by atoms with Crippen molar-refractivity contribution in [3.63, 3.8) is 0 Å². The molecule has 2 aromatic heterocycles. The Labute approximate surface area is 118 Å². The van der Waals surface area contributed by atoms with Gasteiger partial charge in [0.15, 0.2) is 0 Å². The molecular weight excluding hydrogens is 248 g/mol. The quantitative estimate of drug-likeness (QED) is 0.787. The summed E-state index contributed by atoms with van der Waals surface area (Å²) in [5, 5.41) is 7.87. The highest BCUT2D eigenvalue weighted by Crippen LogP contribution is 2.20. The van der Waals surface area contributed by atoms with E-state index >= 15 is 0 Å². The molecule has 2 heterocycles. The smallest absolute Gasteiger partial charge is 0.0877 e. The zero-order valence-electron chi connectivity index (χ0n) is 11.3. The summed E-state index contributed by atoms with van der Waals surface area (Å²) in [6.07, 6.45) is 3.77. The second kappa shape index (κ2) is 5.57. The number of aromatic nitrogens is 3. The molecule has 1 N–H and O–H groups in total. The molecule has 3 aromatic rings. The van der Waals surface area contributed by atoms with Gasteiger partial charge in [-0.1, -0.05) is 18.2 Å². The Balaban J connectivity index is 1.83. The van der Waals surface area contributed by atoms with Crippen molar-refractivity contribution in [1.29, 1.82) is 0 Å². The number of anilines is 1. The molecule has 4 heteroatoms. The Morgan fingerprint density at radius 2 is 1.90 bits per heavy atom. The molecule has 0 saturated carbocycles. The minimum absolute atomic E-state index is 0.693. The number of pyridine rings is 1. The van der Waals surface area contributed by atoms with Crippen LogP contribution in [0.5, 0.6) is 0 Å². The van der Waals surface area contributed by atoms with Crippen molar-refractivity contribution >= 4 is 5.69 Å². The van der Waals surface area contributed by atoms with Crippen molar-refractivity contribution in [3.8, 4) is 5.69 Å². The molecule has 3 rings (SSSR count). The van der Waals surface area contributed by atoms with Gasteiger partial charge in [-0.15, -0.1) is 0 Å². The third kappa shape index (κ3) is 2.69. The van der Waals surface area contributed by atoms with Crippen molar-refractivity contribution < 1.29 is 0 Å². The largest absolute Gasteiger partial charge is 0.378 e. The van der Waals surface area contributed by atoms with E-state index in [0.717, 1.165) is 22.8 Å². The summed E-state index contributed by atoms with van der Waals surface area (Å²) in [4.78, 5) is 4.32. The van der Waals surface area contributed by atoms with Crippen molar-refractivity contribution in [2.45, 2.75) is 13.5 Å². The van der Waals surface area contributed by atoms with Crippen LogP contribution < -0.4 is 5.32 Å². The van der Waals surface area contributed by atoms with Gasteiger partial charge in [0.1, 0.15) is 0 Å². The molecule has 0 radical (unpaired) electrons. The summed E-state index contributed by atoms with van der Waals surface area (Å²) in [7, 11) is 0. The third-order valence-electron chi connectivity index (χ3n) is 3.06. The van der Waals surface area contributed by atoms with Gasteiger partial charge in [-0.05, 0) is 37.3 Å². The molecule has 0 aliphatic heterocycles. The summed E-state index contributed by atoms with van der Waals surface area (Å²) in [5.41, 5.74) is 4.10. The summed E-state index contributed by atoms with van der Waals surface area (Å²) in [5.74, 6) is 0. The predicted octanol–water partition coefficient (Wildman–Crippen LogP) is 3.19. The maximum atomic E-state index is 4.46. The topological polar surface area (TPSA) is 42.7 Å². The lowest BCUT2D eigenvalue weighted by molar-refractivity contribution is 0.861. The third-order valence-corrected chi connectivity index (χ3v) is 3.06. The van der Waals surface area contributed by atoms with E-state index in [1.807, 2.05) is 60.3 Å². The van der Waals surface area contributed by atoms with Crippen LogP contribution in [0.25, 0.3) is 5.69 Å². The van der Waals surface area contributed by atoms with E-state index in [-0.39, 0.29) is 0 Å². The molecule has 0 fully saturated rings. The van der Waals surface area contributed by atoms with Gasteiger partial charge >= 0.3 is 0 Å². The lowest BCUT2D eigenvalue weighted by Crippen LogP contribution is -2.05. The number of rotatable bonds is 4. The molecule has 0 bridgehead atoms. The van der Waals surface area contributed by atoms with Gasteiger partial charge < -0.3 is 5.32 Å². The van der Waals surface area contributed by atoms with Gasteiger partial charge in [0.05, 0.1) is 29.3 Å². The average Bonchev–Trinajstić information content (AvgIpc) is 2.93. The van der Waals surface area contributed by atoms with Gasteiger partial charge in [-0.3, -0.25) is 4.98 Å². The molecule has 0 atom stereocenters. The maximum Gasteiger partial charge on any atom is 0.0877 e. The summed E-state index contributed by atoms with van der Waals surface area (Å²) < 4.78 is 1.89. The Hall–Kier alpha value is -2.62. The molecule has 1 aromatic carbocycles. The molecule has 20 heavy (non-hydrogen) atoms. The Bertz CT molecular complexity index is 688. The first-order valence-electron chi connectivity index (χ1n) is 6.58. The second-order valence-electron chi connectivity index (χ2n) is 4.59. The van der Waals surface area contributed by atoms with E-state index in [0.29, 0.717) is 6.54 Å². The monoisotopic (exact) mass is 264 g/mol. The van der Waals surface area contributed by atoms with Crippen LogP contribution in [0.1, 0.15) is 11.4 Å². The minimum Gasteiger partial charge on any atom is -0.378 e. The van der Waals surface area contributed by atoms with Crippen LogP contribution in [0.2, 0.25) is 0 Å². The molecule has 0 saturated heterocycles. The first kappa shape index (κ1) is 12.4. The highest BCUT2D eigenvalue weighted by molar-refractivity contribution is 5.60. The van der Waals surface area contributed by atoms with Crippen LogP contribution >= 0.6 is 0 Å². The highest BCUT2D eigenvalue weighted by atomic mass is 15.3. The first-order chi connectivity index (χ1) is 9.83. The first-order valence-corrected chi connectivity index (χ1v) is 6.58. The van der Waals surface area contributed by atoms with E-state index in [4.69, 9.17) is 0 Å². The lowest BCUT2D eigenvalue weighted by atomic mass is 10.2. The molecular formula is C16H16N4. The SMILES string of the molecule is Cc1ccn(-c2ccccc2NCc2ccccn2)n1. The van der Waals surface area contributed by atoms with Crippen LogP contribution in [0.3, 0.4) is 0 Å². The molecule has 4 nitrogen and oxygen atoms in total. The zero-order valence-corrected chi connectivity index (χ0v) is 11.3.